The summed E-state index contributed by atoms with van der Waals surface area (Å²) in [4.78, 5) is 29.9. The van der Waals surface area contributed by atoms with Crippen molar-refractivity contribution in [3.8, 4) is 0 Å². The molecule has 0 aliphatic carbocycles. The first kappa shape index (κ1) is 33.7. The van der Waals surface area contributed by atoms with Gasteiger partial charge in [-0.05, 0) is 79.8 Å². The van der Waals surface area contributed by atoms with E-state index in [4.69, 9.17) is 11.6 Å². The molecule has 0 aliphatic rings. The van der Waals surface area contributed by atoms with Crippen molar-refractivity contribution in [2.75, 3.05) is 17.4 Å². The maximum atomic E-state index is 14.6. The van der Waals surface area contributed by atoms with Crippen molar-refractivity contribution >= 4 is 39.1 Å². The second-order valence-electron chi connectivity index (χ2n) is 11.2. The van der Waals surface area contributed by atoms with Gasteiger partial charge in [-0.15, -0.1) is 0 Å². The smallest absolute Gasteiger partial charge is 0.264 e. The van der Waals surface area contributed by atoms with E-state index in [0.29, 0.717) is 22.8 Å². The summed E-state index contributed by atoms with van der Waals surface area (Å²) in [6.07, 6.45) is 0.993. The van der Waals surface area contributed by atoms with Crippen LogP contribution in [0.1, 0.15) is 41.2 Å². The van der Waals surface area contributed by atoms with E-state index >= 15 is 0 Å². The van der Waals surface area contributed by atoms with Crippen molar-refractivity contribution in [3.63, 3.8) is 0 Å². The highest BCUT2D eigenvalue weighted by Gasteiger charge is 2.35. The van der Waals surface area contributed by atoms with Crippen LogP contribution in [0.2, 0.25) is 5.02 Å². The van der Waals surface area contributed by atoms with Crippen molar-refractivity contribution in [2.24, 2.45) is 0 Å². The molecule has 0 bridgehead atoms. The highest BCUT2D eigenvalue weighted by molar-refractivity contribution is 7.92. The lowest BCUT2D eigenvalue weighted by Gasteiger charge is -2.34. The van der Waals surface area contributed by atoms with Gasteiger partial charge in [-0.25, -0.2) is 8.42 Å². The number of aryl methyl sites for hydroxylation is 3. The average molecular weight is 646 g/mol. The maximum absolute atomic E-state index is 14.6. The summed E-state index contributed by atoms with van der Waals surface area (Å²) < 4.78 is 29.6. The van der Waals surface area contributed by atoms with Crippen LogP contribution >= 0.6 is 11.6 Å². The molecule has 9 heteroatoms. The minimum atomic E-state index is -4.19. The van der Waals surface area contributed by atoms with Gasteiger partial charge in [0.05, 0.1) is 10.6 Å². The molecule has 2 amide bonds. The van der Waals surface area contributed by atoms with Gasteiger partial charge < -0.3 is 10.2 Å². The van der Waals surface area contributed by atoms with Crippen LogP contribution in [0.5, 0.6) is 0 Å². The van der Waals surface area contributed by atoms with Crippen molar-refractivity contribution in [2.45, 2.75) is 58.0 Å². The van der Waals surface area contributed by atoms with E-state index < -0.39 is 28.5 Å². The lowest BCUT2D eigenvalue weighted by molar-refractivity contribution is -0.140. The average Bonchev–Trinajstić information content (AvgIpc) is 3.02. The number of halogens is 1. The van der Waals surface area contributed by atoms with Gasteiger partial charge in [0.25, 0.3) is 10.0 Å². The summed E-state index contributed by atoms with van der Waals surface area (Å²) in [5, 5.41) is 3.42. The Bertz CT molecular complexity index is 1730. The Labute approximate surface area is 271 Å². The summed E-state index contributed by atoms with van der Waals surface area (Å²) in [5.74, 6) is -0.797. The van der Waals surface area contributed by atoms with E-state index in [1.54, 1.807) is 37.3 Å². The third kappa shape index (κ3) is 8.53. The topological polar surface area (TPSA) is 86.8 Å². The van der Waals surface area contributed by atoms with Crippen molar-refractivity contribution in [3.05, 3.63) is 130 Å². The van der Waals surface area contributed by atoms with E-state index in [-0.39, 0.29) is 23.8 Å². The van der Waals surface area contributed by atoms with E-state index in [1.807, 2.05) is 75.4 Å². The third-order valence-corrected chi connectivity index (χ3v) is 9.75. The van der Waals surface area contributed by atoms with Crippen LogP contribution in [0.25, 0.3) is 0 Å². The summed E-state index contributed by atoms with van der Waals surface area (Å²) in [7, 11) is -4.19. The fraction of sp³-hybridized carbons (Fsp3) is 0.278. The number of anilines is 1. The second kappa shape index (κ2) is 15.2. The summed E-state index contributed by atoms with van der Waals surface area (Å²) in [5.41, 5.74) is 4.54. The fourth-order valence-electron chi connectivity index (χ4n) is 5.14. The molecular weight excluding hydrogens is 606 g/mol. The first-order valence-electron chi connectivity index (χ1n) is 15.0. The molecule has 45 heavy (non-hydrogen) atoms. The largest absolute Gasteiger partial charge is 0.354 e. The quantitative estimate of drug-likeness (QED) is 0.177. The van der Waals surface area contributed by atoms with Gasteiger partial charge in [0, 0.05) is 24.5 Å². The molecule has 1 atom stereocenters. The first-order chi connectivity index (χ1) is 21.5. The lowest BCUT2D eigenvalue weighted by Crippen LogP contribution is -2.53. The molecule has 0 aliphatic heterocycles. The van der Waals surface area contributed by atoms with E-state index in [0.717, 1.165) is 33.0 Å². The van der Waals surface area contributed by atoms with Crippen molar-refractivity contribution in [1.82, 2.24) is 10.2 Å². The van der Waals surface area contributed by atoms with Crippen LogP contribution in [0, 0.1) is 20.8 Å². The third-order valence-electron chi connectivity index (χ3n) is 7.74. The number of hydrogen-bond donors (Lipinski definition) is 1. The zero-order chi connectivity index (χ0) is 32.6. The Morgan fingerprint density at radius 1 is 0.844 bits per heavy atom. The number of nitrogens with zero attached hydrogens (tertiary/aromatic N) is 2. The van der Waals surface area contributed by atoms with Crippen LogP contribution < -0.4 is 9.62 Å². The maximum Gasteiger partial charge on any atom is 0.264 e. The van der Waals surface area contributed by atoms with Gasteiger partial charge in [0.15, 0.2) is 0 Å². The summed E-state index contributed by atoms with van der Waals surface area (Å²) >= 11 is 6.24. The van der Waals surface area contributed by atoms with Crippen LogP contribution in [0.3, 0.4) is 0 Å². The second-order valence-corrected chi connectivity index (χ2v) is 13.5. The number of rotatable bonds is 13. The normalized spacial score (nSPS) is 11.9. The predicted octanol–water partition coefficient (Wildman–Crippen LogP) is 6.63. The predicted molar refractivity (Wildman–Crippen MR) is 181 cm³/mol. The molecule has 0 saturated heterocycles. The molecule has 0 unspecified atom stereocenters. The number of sulfonamides is 1. The van der Waals surface area contributed by atoms with Crippen LogP contribution in [-0.2, 0) is 32.6 Å². The highest BCUT2D eigenvalue weighted by Crippen LogP contribution is 2.30. The van der Waals surface area contributed by atoms with Gasteiger partial charge in [0.1, 0.15) is 12.6 Å². The van der Waals surface area contributed by atoms with Gasteiger partial charge in [0.2, 0.25) is 11.8 Å². The lowest BCUT2D eigenvalue weighted by atomic mass is 10.0. The Morgan fingerprint density at radius 3 is 2.16 bits per heavy atom. The summed E-state index contributed by atoms with van der Waals surface area (Å²) in [6, 6.07) is 27.7. The molecule has 7 nitrogen and oxygen atoms in total. The Balaban J connectivity index is 1.83. The molecule has 4 aromatic rings. The molecule has 236 valence electrons. The Hall–Kier alpha value is -4.14. The molecule has 0 aromatic heterocycles. The highest BCUT2D eigenvalue weighted by atomic mass is 35.5. The SMILES string of the molecule is CCCNC(=O)[C@H](Cc1ccccc1)N(Cc1ccccc1C)C(=O)CN(c1ccc(Cl)cc1C)S(=O)(=O)c1ccc(C)cc1. The molecule has 4 aromatic carbocycles. The zero-order valence-corrected chi connectivity index (χ0v) is 27.7. The van der Waals surface area contributed by atoms with Crippen LogP contribution in [-0.4, -0.2) is 44.3 Å². The van der Waals surface area contributed by atoms with E-state index in [1.165, 1.54) is 17.0 Å². The Kier molecular flexibility index (Phi) is 11.4. The van der Waals surface area contributed by atoms with E-state index in [2.05, 4.69) is 5.32 Å². The van der Waals surface area contributed by atoms with Gasteiger partial charge >= 0.3 is 0 Å². The number of benzene rings is 4. The number of nitrogens with one attached hydrogen (secondary N) is 1. The fourth-order valence-corrected chi connectivity index (χ4v) is 6.85. The number of carbonyl (C=O) groups is 2. The molecule has 0 radical (unpaired) electrons. The molecule has 0 fully saturated rings. The van der Waals surface area contributed by atoms with Crippen molar-refractivity contribution < 1.29 is 18.0 Å². The number of carbonyl (C=O) groups excluding carboxylic acids is 2. The van der Waals surface area contributed by atoms with Crippen LogP contribution in [0.15, 0.2) is 102 Å². The van der Waals surface area contributed by atoms with Crippen molar-refractivity contribution in [1.29, 1.82) is 0 Å². The Morgan fingerprint density at radius 2 is 1.51 bits per heavy atom. The monoisotopic (exact) mass is 645 g/mol. The zero-order valence-electron chi connectivity index (χ0n) is 26.2. The van der Waals surface area contributed by atoms with E-state index in [9.17, 15) is 18.0 Å². The molecule has 0 spiro atoms. The minimum Gasteiger partial charge on any atom is -0.354 e. The molecule has 0 saturated carbocycles. The number of hydrogen-bond acceptors (Lipinski definition) is 4. The van der Waals surface area contributed by atoms with Gasteiger partial charge in [-0.2, -0.15) is 0 Å². The molecule has 0 heterocycles. The number of amides is 2. The molecule has 1 N–H and O–H groups in total. The minimum absolute atomic E-state index is 0.0576. The van der Waals surface area contributed by atoms with Gasteiger partial charge in [-0.1, -0.05) is 90.8 Å². The molecule has 4 rings (SSSR count). The van der Waals surface area contributed by atoms with Gasteiger partial charge in [-0.3, -0.25) is 13.9 Å². The van der Waals surface area contributed by atoms with Crippen LogP contribution in [0.4, 0.5) is 5.69 Å². The summed E-state index contributed by atoms with van der Waals surface area (Å²) in [6.45, 7) is 7.61. The first-order valence-corrected chi connectivity index (χ1v) is 16.8. The standard InChI is InChI=1S/C36H40ClN3O4S/c1-5-21-38-36(42)34(23-29-12-7-6-8-13-29)39(24-30-14-10-9-11-27(30)3)35(41)25-40(33-20-17-31(37)22-28(33)4)45(43,44)32-18-15-26(2)16-19-32/h6-20,22,34H,5,21,23-25H2,1-4H3,(H,38,42)/t34-/m0/s1. The molecular formula is C36H40ClN3O4S.